The molecule has 0 fully saturated rings. The zero-order chi connectivity index (χ0) is 29.4. The Kier molecular flexibility index (Phi) is 15.7. The third-order valence-corrected chi connectivity index (χ3v) is 6.22. The number of phenols is 1. The molecule has 0 aliphatic rings. The minimum atomic E-state index is -1.25. The monoisotopic (exact) mass is 550 g/mol. The number of carboxylic acid groups (broad SMARTS) is 1. The minimum Gasteiger partial charge on any atom is -0.508 e. The highest BCUT2D eigenvalue weighted by atomic mass is 16.4. The zero-order valence-electron chi connectivity index (χ0n) is 23.0. The third kappa shape index (κ3) is 13.4. The van der Waals surface area contributed by atoms with Crippen LogP contribution < -0.4 is 33.2 Å². The van der Waals surface area contributed by atoms with Gasteiger partial charge in [-0.3, -0.25) is 14.4 Å². The van der Waals surface area contributed by atoms with Crippen LogP contribution in [0.5, 0.6) is 5.75 Å². The molecule has 4 unspecified atom stereocenters. The van der Waals surface area contributed by atoms with Gasteiger partial charge in [-0.05, 0) is 75.2 Å². The van der Waals surface area contributed by atoms with E-state index in [-0.39, 0.29) is 24.5 Å². The molecule has 12 nitrogen and oxygen atoms in total. The van der Waals surface area contributed by atoms with Gasteiger partial charge in [-0.2, -0.15) is 0 Å². The summed E-state index contributed by atoms with van der Waals surface area (Å²) in [7, 11) is 0. The number of nitrogens with one attached hydrogen (secondary N) is 3. The van der Waals surface area contributed by atoms with E-state index in [1.165, 1.54) is 12.1 Å². The van der Waals surface area contributed by atoms with E-state index < -0.39 is 47.9 Å². The van der Waals surface area contributed by atoms with E-state index in [2.05, 4.69) is 16.0 Å². The molecule has 0 radical (unpaired) electrons. The molecular formula is C27H46N6O6. The lowest BCUT2D eigenvalue weighted by Gasteiger charge is -2.26. The van der Waals surface area contributed by atoms with Crippen molar-refractivity contribution in [3.05, 3.63) is 29.8 Å². The van der Waals surface area contributed by atoms with Crippen LogP contribution in [0.4, 0.5) is 0 Å². The summed E-state index contributed by atoms with van der Waals surface area (Å²) >= 11 is 0. The number of nitrogens with two attached hydrogens (primary N) is 3. The molecule has 0 aromatic heterocycles. The van der Waals surface area contributed by atoms with Crippen molar-refractivity contribution >= 4 is 23.7 Å². The fraction of sp³-hybridized carbons (Fsp3) is 0.630. The van der Waals surface area contributed by atoms with Crippen LogP contribution in [0.1, 0.15) is 64.4 Å². The quantitative estimate of drug-likeness (QED) is 0.109. The van der Waals surface area contributed by atoms with Crippen molar-refractivity contribution in [1.82, 2.24) is 16.0 Å². The van der Waals surface area contributed by atoms with Gasteiger partial charge >= 0.3 is 5.97 Å². The summed E-state index contributed by atoms with van der Waals surface area (Å²) in [6.07, 6.45) is 3.61. The molecule has 0 saturated carbocycles. The average molecular weight is 551 g/mol. The molecule has 0 aliphatic heterocycles. The standard InChI is InChI=1S/C27H46N6O6/c1-17(2)15-22(26(37)33-23(27(38)39)16-18-9-11-19(34)12-10-18)32-25(36)21(8-4-6-14-29)31-24(35)20(30)7-3-5-13-28/h9-12,17,20-23,34H,3-8,13-16,28-30H2,1-2H3,(H,31,35)(H,32,36)(H,33,37)(H,38,39). The Morgan fingerprint density at radius 2 is 1.28 bits per heavy atom. The Balaban J connectivity index is 2.98. The number of amides is 3. The van der Waals surface area contributed by atoms with Crippen LogP contribution in [-0.2, 0) is 25.6 Å². The summed E-state index contributed by atoms with van der Waals surface area (Å²) in [6, 6.07) is 2.00. The number of hydrogen-bond acceptors (Lipinski definition) is 8. The van der Waals surface area contributed by atoms with Gasteiger partial charge in [0, 0.05) is 6.42 Å². The molecule has 0 aliphatic carbocycles. The molecule has 0 saturated heterocycles. The number of phenolic OH excluding ortho intramolecular Hbond substituents is 1. The van der Waals surface area contributed by atoms with Gasteiger partial charge in [0.2, 0.25) is 17.7 Å². The van der Waals surface area contributed by atoms with Crippen LogP contribution in [0, 0.1) is 5.92 Å². The van der Waals surface area contributed by atoms with E-state index in [4.69, 9.17) is 17.2 Å². The maximum absolute atomic E-state index is 13.3. The minimum absolute atomic E-state index is 0.00248. The summed E-state index contributed by atoms with van der Waals surface area (Å²) in [6.45, 7) is 4.67. The molecule has 12 heteroatoms. The van der Waals surface area contributed by atoms with Gasteiger partial charge < -0.3 is 43.4 Å². The largest absolute Gasteiger partial charge is 0.508 e. The first-order valence-electron chi connectivity index (χ1n) is 13.6. The highest BCUT2D eigenvalue weighted by molar-refractivity contribution is 5.94. The van der Waals surface area contributed by atoms with Crippen molar-refractivity contribution in [2.24, 2.45) is 23.1 Å². The molecule has 1 rings (SSSR count). The molecule has 0 heterocycles. The predicted octanol–water partition coefficient (Wildman–Crippen LogP) is 0.105. The number of aliphatic carboxylic acids is 1. The first kappa shape index (κ1) is 33.8. The fourth-order valence-electron chi connectivity index (χ4n) is 4.00. The van der Waals surface area contributed by atoms with Crippen molar-refractivity contribution in [3.63, 3.8) is 0 Å². The van der Waals surface area contributed by atoms with Gasteiger partial charge in [-0.1, -0.05) is 32.4 Å². The number of unbranched alkanes of at least 4 members (excludes halogenated alkanes) is 2. The van der Waals surface area contributed by atoms with Gasteiger partial charge in [0.1, 0.15) is 23.9 Å². The molecule has 220 valence electrons. The van der Waals surface area contributed by atoms with E-state index in [0.29, 0.717) is 50.8 Å². The second-order valence-corrected chi connectivity index (χ2v) is 10.2. The number of benzene rings is 1. The van der Waals surface area contributed by atoms with Gasteiger partial charge in [0.15, 0.2) is 0 Å². The molecule has 1 aromatic carbocycles. The SMILES string of the molecule is CC(C)CC(NC(=O)C(CCCCN)NC(=O)C(N)CCCCN)C(=O)NC(Cc1ccc(O)cc1)C(=O)O. The van der Waals surface area contributed by atoms with Crippen molar-refractivity contribution in [1.29, 1.82) is 0 Å². The number of carbonyl (C=O) groups is 4. The second-order valence-electron chi connectivity index (χ2n) is 10.2. The molecule has 11 N–H and O–H groups in total. The summed E-state index contributed by atoms with van der Waals surface area (Å²) in [5, 5.41) is 27.1. The summed E-state index contributed by atoms with van der Waals surface area (Å²) < 4.78 is 0. The van der Waals surface area contributed by atoms with Crippen LogP contribution in [0.25, 0.3) is 0 Å². The van der Waals surface area contributed by atoms with Crippen LogP contribution >= 0.6 is 0 Å². The Bertz CT molecular complexity index is 911. The van der Waals surface area contributed by atoms with E-state index in [9.17, 15) is 29.4 Å². The number of aromatic hydroxyl groups is 1. The molecule has 0 bridgehead atoms. The van der Waals surface area contributed by atoms with Crippen molar-refractivity contribution in [3.8, 4) is 5.75 Å². The van der Waals surface area contributed by atoms with E-state index in [1.807, 2.05) is 13.8 Å². The number of rotatable bonds is 19. The topological polar surface area (TPSA) is 223 Å². The van der Waals surface area contributed by atoms with E-state index in [1.54, 1.807) is 12.1 Å². The Labute approximate surface area is 230 Å². The Morgan fingerprint density at radius 1 is 0.769 bits per heavy atom. The molecule has 3 amide bonds. The van der Waals surface area contributed by atoms with Gasteiger partial charge in [-0.25, -0.2) is 4.79 Å². The number of carboxylic acids is 1. The van der Waals surface area contributed by atoms with Crippen LogP contribution in [0.2, 0.25) is 0 Å². The maximum Gasteiger partial charge on any atom is 0.326 e. The predicted molar refractivity (Wildman–Crippen MR) is 148 cm³/mol. The molecule has 39 heavy (non-hydrogen) atoms. The summed E-state index contributed by atoms with van der Waals surface area (Å²) in [4.78, 5) is 51.0. The Morgan fingerprint density at radius 3 is 1.82 bits per heavy atom. The summed E-state index contributed by atoms with van der Waals surface area (Å²) in [5.41, 5.74) is 17.7. The maximum atomic E-state index is 13.3. The van der Waals surface area contributed by atoms with E-state index in [0.717, 1.165) is 6.42 Å². The lowest BCUT2D eigenvalue weighted by Crippen LogP contribution is -2.57. The number of carbonyl (C=O) groups excluding carboxylic acids is 3. The van der Waals surface area contributed by atoms with Gasteiger partial charge in [-0.15, -0.1) is 0 Å². The first-order valence-corrected chi connectivity index (χ1v) is 13.6. The van der Waals surface area contributed by atoms with Crippen molar-refractivity contribution in [2.45, 2.75) is 89.4 Å². The first-order chi connectivity index (χ1) is 18.5. The average Bonchev–Trinajstić information content (AvgIpc) is 2.88. The highest BCUT2D eigenvalue weighted by Crippen LogP contribution is 2.13. The lowest BCUT2D eigenvalue weighted by molar-refractivity contribution is -0.142. The Hall–Kier alpha value is -3.22. The lowest BCUT2D eigenvalue weighted by atomic mass is 10.00. The van der Waals surface area contributed by atoms with E-state index >= 15 is 0 Å². The normalized spacial score (nSPS) is 14.2. The summed E-state index contributed by atoms with van der Waals surface area (Å²) in [5.74, 6) is -2.86. The van der Waals surface area contributed by atoms with Crippen LogP contribution in [0.15, 0.2) is 24.3 Å². The second kappa shape index (κ2) is 18.1. The number of hydrogen-bond donors (Lipinski definition) is 8. The highest BCUT2D eigenvalue weighted by Gasteiger charge is 2.30. The third-order valence-electron chi connectivity index (χ3n) is 6.22. The van der Waals surface area contributed by atoms with Crippen LogP contribution in [-0.4, -0.2) is 71.2 Å². The van der Waals surface area contributed by atoms with Crippen molar-refractivity contribution < 1.29 is 29.4 Å². The molecule has 0 spiro atoms. The smallest absolute Gasteiger partial charge is 0.326 e. The van der Waals surface area contributed by atoms with Gasteiger partial charge in [0.05, 0.1) is 6.04 Å². The van der Waals surface area contributed by atoms with Crippen molar-refractivity contribution in [2.75, 3.05) is 13.1 Å². The molecule has 4 atom stereocenters. The molecular weight excluding hydrogens is 504 g/mol. The zero-order valence-corrected chi connectivity index (χ0v) is 23.0. The fourth-order valence-corrected chi connectivity index (χ4v) is 4.00. The van der Waals surface area contributed by atoms with Crippen LogP contribution in [0.3, 0.4) is 0 Å². The molecule has 1 aromatic rings. The van der Waals surface area contributed by atoms with Gasteiger partial charge in [0.25, 0.3) is 0 Å².